The molecule has 2 atom stereocenters. The molecule has 10 heteroatoms. The number of hydrogen-bond donors (Lipinski definition) is 2. The Balaban J connectivity index is 2.23. The molecular formula is C17H19F3N2O5. The molecule has 1 aromatic rings. The van der Waals surface area contributed by atoms with Crippen LogP contribution in [0.15, 0.2) is 30.3 Å². The average Bonchev–Trinajstić information content (AvgIpc) is 2.61. The predicted octanol–water partition coefficient (Wildman–Crippen LogP) is 1.22. The second-order valence-corrected chi connectivity index (χ2v) is 5.97. The molecule has 1 aliphatic rings. The first kappa shape index (κ1) is 20.7. The Morgan fingerprint density at radius 1 is 1.33 bits per heavy atom. The number of benzene rings is 1. The number of alkyl halides is 3. The number of nitrogens with one attached hydrogen (secondary N) is 1. The van der Waals surface area contributed by atoms with Crippen LogP contribution in [0, 0.1) is 0 Å². The number of nitrogens with zero attached hydrogens (tertiary/aromatic N) is 1. The summed E-state index contributed by atoms with van der Waals surface area (Å²) in [6, 6.07) is 6.50. The molecule has 1 fully saturated rings. The van der Waals surface area contributed by atoms with E-state index < -0.39 is 55.1 Å². The molecule has 0 aromatic heterocycles. The van der Waals surface area contributed by atoms with Crippen molar-refractivity contribution in [3.63, 3.8) is 0 Å². The number of amides is 2. The number of carbonyl (C=O) groups excluding carboxylic acids is 3. The van der Waals surface area contributed by atoms with Crippen LogP contribution in [0.3, 0.4) is 0 Å². The minimum Gasteiger partial charge on any atom is -0.465 e. The number of piperidine rings is 1. The van der Waals surface area contributed by atoms with E-state index in [1.165, 1.54) is 19.1 Å². The van der Waals surface area contributed by atoms with Crippen LogP contribution in [0.1, 0.15) is 30.1 Å². The monoisotopic (exact) mass is 388 g/mol. The molecule has 1 aromatic carbocycles. The molecule has 2 N–H and O–H groups in total. The van der Waals surface area contributed by atoms with E-state index in [9.17, 15) is 32.7 Å². The van der Waals surface area contributed by atoms with Gasteiger partial charge in [-0.15, -0.1) is 0 Å². The van der Waals surface area contributed by atoms with Gasteiger partial charge in [-0.25, -0.2) is 0 Å². The van der Waals surface area contributed by atoms with Gasteiger partial charge < -0.3 is 15.2 Å². The molecule has 0 radical (unpaired) electrons. The molecule has 0 saturated carbocycles. The van der Waals surface area contributed by atoms with E-state index in [0.717, 1.165) is 0 Å². The summed E-state index contributed by atoms with van der Waals surface area (Å²) >= 11 is 0. The molecule has 2 rings (SSSR count). The third-order valence-corrected chi connectivity index (χ3v) is 4.18. The number of esters is 1. The lowest BCUT2D eigenvalue weighted by molar-refractivity contribution is -0.317. The Morgan fingerprint density at radius 2 is 1.96 bits per heavy atom. The summed E-state index contributed by atoms with van der Waals surface area (Å²) in [5, 5.41) is 12.4. The van der Waals surface area contributed by atoms with E-state index in [-0.39, 0.29) is 17.1 Å². The topological polar surface area (TPSA) is 95.9 Å². The highest BCUT2D eigenvalue weighted by atomic mass is 19.4. The molecule has 27 heavy (non-hydrogen) atoms. The lowest BCUT2D eigenvalue weighted by Gasteiger charge is -2.45. The highest BCUT2D eigenvalue weighted by Crippen LogP contribution is 2.40. The fourth-order valence-electron chi connectivity index (χ4n) is 2.78. The highest BCUT2D eigenvalue weighted by Gasteiger charge is 2.62. The van der Waals surface area contributed by atoms with Gasteiger partial charge in [-0.1, -0.05) is 18.2 Å². The van der Waals surface area contributed by atoms with E-state index in [1.807, 2.05) is 0 Å². The van der Waals surface area contributed by atoms with Crippen LogP contribution in [0.4, 0.5) is 13.2 Å². The van der Waals surface area contributed by atoms with Gasteiger partial charge in [-0.05, 0) is 25.5 Å². The van der Waals surface area contributed by atoms with Gasteiger partial charge in [0.15, 0.2) is 0 Å². The summed E-state index contributed by atoms with van der Waals surface area (Å²) in [5.41, 5.74) is -3.29. The second kappa shape index (κ2) is 7.95. The fraction of sp³-hybridized carbons (Fsp3) is 0.471. The number of ether oxygens (including phenoxy) is 1. The van der Waals surface area contributed by atoms with Gasteiger partial charge in [0.05, 0.1) is 6.61 Å². The van der Waals surface area contributed by atoms with Crippen LogP contribution in [-0.2, 0) is 14.3 Å². The SMILES string of the molecule is CCOC(=O)CN1C(=O)C(NC(=O)c2ccccc2)CCC1(O)C(F)(F)F. The summed E-state index contributed by atoms with van der Waals surface area (Å²) in [7, 11) is 0. The summed E-state index contributed by atoms with van der Waals surface area (Å²) in [6.45, 7) is 0.272. The van der Waals surface area contributed by atoms with Crippen molar-refractivity contribution in [1.29, 1.82) is 0 Å². The van der Waals surface area contributed by atoms with Crippen LogP contribution in [0.25, 0.3) is 0 Å². The quantitative estimate of drug-likeness (QED) is 0.740. The number of likely N-dealkylation sites (tertiary alicyclic amines) is 1. The van der Waals surface area contributed by atoms with Crippen molar-refractivity contribution in [1.82, 2.24) is 10.2 Å². The Bertz CT molecular complexity index is 710. The summed E-state index contributed by atoms with van der Waals surface area (Å²) in [5.74, 6) is -2.95. The molecule has 0 aliphatic carbocycles. The molecule has 2 unspecified atom stereocenters. The standard InChI is InChI=1S/C17H19F3N2O5/c1-2-27-13(23)10-22-15(25)12(8-9-16(22,26)17(18,19)20)21-14(24)11-6-4-3-5-7-11/h3-7,12,26H,2,8-10H2,1H3,(H,21,24). The van der Waals surface area contributed by atoms with Gasteiger partial charge in [0.25, 0.3) is 5.91 Å². The number of aliphatic hydroxyl groups is 1. The number of rotatable bonds is 5. The summed E-state index contributed by atoms with van der Waals surface area (Å²) in [4.78, 5) is 36.4. The minimum atomic E-state index is -5.18. The largest absolute Gasteiger partial charge is 0.465 e. The normalized spacial score (nSPS) is 23.1. The van der Waals surface area contributed by atoms with Crippen molar-refractivity contribution in [3.05, 3.63) is 35.9 Å². The molecule has 1 aliphatic heterocycles. The first-order valence-electron chi connectivity index (χ1n) is 8.22. The van der Waals surface area contributed by atoms with Gasteiger partial charge in [0.2, 0.25) is 11.6 Å². The maximum absolute atomic E-state index is 13.4. The van der Waals surface area contributed by atoms with Gasteiger partial charge in [-0.3, -0.25) is 19.3 Å². The minimum absolute atomic E-state index is 0.0183. The van der Waals surface area contributed by atoms with Crippen LogP contribution in [0.2, 0.25) is 0 Å². The van der Waals surface area contributed by atoms with Gasteiger partial charge in [0, 0.05) is 12.0 Å². The van der Waals surface area contributed by atoms with E-state index >= 15 is 0 Å². The van der Waals surface area contributed by atoms with Crippen molar-refractivity contribution in [3.8, 4) is 0 Å². The van der Waals surface area contributed by atoms with E-state index in [4.69, 9.17) is 0 Å². The van der Waals surface area contributed by atoms with Crippen LogP contribution in [0.5, 0.6) is 0 Å². The molecule has 148 valence electrons. The number of carbonyl (C=O) groups is 3. The third-order valence-electron chi connectivity index (χ3n) is 4.18. The number of halogens is 3. The molecular weight excluding hydrogens is 369 g/mol. The Kier molecular flexibility index (Phi) is 6.09. The van der Waals surface area contributed by atoms with Crippen LogP contribution in [-0.4, -0.2) is 58.9 Å². The predicted molar refractivity (Wildman–Crippen MR) is 86.3 cm³/mol. The van der Waals surface area contributed by atoms with Gasteiger partial charge >= 0.3 is 12.1 Å². The summed E-state index contributed by atoms with van der Waals surface area (Å²) in [6.07, 6.45) is -6.50. The smallest absolute Gasteiger partial charge is 0.436 e. The molecule has 1 saturated heterocycles. The molecule has 1 heterocycles. The zero-order chi connectivity index (χ0) is 20.2. The lowest BCUT2D eigenvalue weighted by atomic mass is 9.93. The second-order valence-electron chi connectivity index (χ2n) is 5.97. The van der Waals surface area contributed by atoms with Crippen molar-refractivity contribution < 1.29 is 37.4 Å². The Hall–Kier alpha value is -2.62. The van der Waals surface area contributed by atoms with Gasteiger partial charge in [-0.2, -0.15) is 13.2 Å². The van der Waals surface area contributed by atoms with Crippen LogP contribution < -0.4 is 5.32 Å². The van der Waals surface area contributed by atoms with Crippen molar-refractivity contribution in [2.45, 2.75) is 37.7 Å². The van der Waals surface area contributed by atoms with E-state index in [0.29, 0.717) is 0 Å². The lowest BCUT2D eigenvalue weighted by Crippen LogP contribution is -2.68. The van der Waals surface area contributed by atoms with E-state index in [2.05, 4.69) is 10.1 Å². The number of hydrogen-bond acceptors (Lipinski definition) is 5. The first-order valence-corrected chi connectivity index (χ1v) is 8.22. The maximum atomic E-state index is 13.4. The van der Waals surface area contributed by atoms with Crippen molar-refractivity contribution >= 4 is 17.8 Å². The molecule has 2 amide bonds. The van der Waals surface area contributed by atoms with E-state index in [1.54, 1.807) is 18.2 Å². The van der Waals surface area contributed by atoms with Crippen molar-refractivity contribution in [2.24, 2.45) is 0 Å². The van der Waals surface area contributed by atoms with Crippen molar-refractivity contribution in [2.75, 3.05) is 13.2 Å². The zero-order valence-electron chi connectivity index (χ0n) is 14.5. The third kappa shape index (κ3) is 4.38. The first-order chi connectivity index (χ1) is 12.6. The fourth-order valence-corrected chi connectivity index (χ4v) is 2.78. The average molecular weight is 388 g/mol. The van der Waals surface area contributed by atoms with Crippen LogP contribution >= 0.6 is 0 Å². The molecule has 0 bridgehead atoms. The summed E-state index contributed by atoms with van der Waals surface area (Å²) < 4.78 is 44.7. The maximum Gasteiger partial charge on any atom is 0.436 e. The Labute approximate surface area is 153 Å². The molecule has 0 spiro atoms. The molecule has 7 nitrogen and oxygen atoms in total. The highest BCUT2D eigenvalue weighted by molar-refractivity contribution is 5.98. The Morgan fingerprint density at radius 3 is 2.52 bits per heavy atom. The zero-order valence-corrected chi connectivity index (χ0v) is 14.5. The van der Waals surface area contributed by atoms with Gasteiger partial charge in [0.1, 0.15) is 12.6 Å².